The Morgan fingerprint density at radius 3 is 3.10 bits per heavy atom. The molecule has 1 fully saturated rings. The minimum atomic E-state index is -0.222. The zero-order valence-electron chi connectivity index (χ0n) is 5.72. The molecule has 54 valence electrons. The number of esters is 1. The molecule has 2 rings (SSSR count). The quantitative estimate of drug-likeness (QED) is 0.462. The summed E-state index contributed by atoms with van der Waals surface area (Å²) in [5.74, 6) is 0.532. The standard InChI is InChI=1S/C7H8O3/c1-4-6-5(2-3-9-6)10-7(4)8/h5H,2-3H2,1H3. The van der Waals surface area contributed by atoms with E-state index in [-0.39, 0.29) is 12.1 Å². The predicted molar refractivity (Wildman–Crippen MR) is 33.1 cm³/mol. The summed E-state index contributed by atoms with van der Waals surface area (Å²) in [6.45, 7) is 2.42. The smallest absolute Gasteiger partial charge is 0.338 e. The van der Waals surface area contributed by atoms with Gasteiger partial charge in [-0.1, -0.05) is 0 Å². The van der Waals surface area contributed by atoms with Crippen molar-refractivity contribution in [1.82, 2.24) is 0 Å². The fraction of sp³-hybridized carbons (Fsp3) is 0.571. The van der Waals surface area contributed by atoms with Crippen LogP contribution >= 0.6 is 0 Å². The maximum Gasteiger partial charge on any atom is 0.338 e. The lowest BCUT2D eigenvalue weighted by Gasteiger charge is -1.98. The Morgan fingerprint density at radius 1 is 1.60 bits per heavy atom. The molecule has 2 aliphatic rings. The van der Waals surface area contributed by atoms with Crippen LogP contribution in [0.15, 0.2) is 11.3 Å². The SMILES string of the molecule is CC1=C2OCCC2OC1=O. The first-order chi connectivity index (χ1) is 4.79. The Morgan fingerprint density at radius 2 is 2.40 bits per heavy atom. The number of hydrogen-bond donors (Lipinski definition) is 0. The number of fused-ring (bicyclic) bond motifs is 1. The Labute approximate surface area is 58.6 Å². The van der Waals surface area contributed by atoms with Crippen molar-refractivity contribution in [3.63, 3.8) is 0 Å². The lowest BCUT2D eigenvalue weighted by atomic mass is 10.2. The van der Waals surface area contributed by atoms with Crippen LogP contribution in [0.2, 0.25) is 0 Å². The lowest BCUT2D eigenvalue weighted by Crippen LogP contribution is -2.06. The second kappa shape index (κ2) is 1.75. The predicted octanol–water partition coefficient (Wildman–Crippen LogP) is 0.606. The third-order valence-corrected chi connectivity index (χ3v) is 1.86. The molecule has 0 aromatic carbocycles. The van der Waals surface area contributed by atoms with Gasteiger partial charge in [0.2, 0.25) is 0 Å². The second-order valence-electron chi connectivity index (χ2n) is 2.52. The van der Waals surface area contributed by atoms with E-state index in [0.717, 1.165) is 12.2 Å². The Bertz CT molecular complexity index is 217. The molecule has 1 atom stereocenters. The maximum absolute atomic E-state index is 10.8. The molecule has 1 saturated heterocycles. The van der Waals surface area contributed by atoms with Gasteiger partial charge in [-0.15, -0.1) is 0 Å². The first-order valence-electron chi connectivity index (χ1n) is 3.33. The number of carbonyl (C=O) groups excluding carboxylic acids is 1. The molecule has 0 amide bonds. The van der Waals surface area contributed by atoms with Gasteiger partial charge in [0.1, 0.15) is 5.76 Å². The van der Waals surface area contributed by atoms with Crippen molar-refractivity contribution in [2.24, 2.45) is 0 Å². The summed E-state index contributed by atoms with van der Waals surface area (Å²) in [6, 6.07) is 0. The number of carbonyl (C=O) groups is 1. The zero-order valence-corrected chi connectivity index (χ0v) is 5.72. The van der Waals surface area contributed by atoms with Crippen LogP contribution in [0, 0.1) is 0 Å². The van der Waals surface area contributed by atoms with Gasteiger partial charge in [0, 0.05) is 6.42 Å². The summed E-state index contributed by atoms with van der Waals surface area (Å²) < 4.78 is 10.2. The summed E-state index contributed by atoms with van der Waals surface area (Å²) in [6.07, 6.45) is 0.755. The van der Waals surface area contributed by atoms with Crippen LogP contribution in [-0.2, 0) is 14.3 Å². The molecule has 0 saturated carbocycles. The normalized spacial score (nSPS) is 30.1. The fourth-order valence-corrected chi connectivity index (χ4v) is 1.28. The highest BCUT2D eigenvalue weighted by atomic mass is 16.6. The molecule has 0 N–H and O–H groups in total. The van der Waals surface area contributed by atoms with E-state index in [1.54, 1.807) is 6.92 Å². The molecule has 2 heterocycles. The van der Waals surface area contributed by atoms with E-state index in [0.29, 0.717) is 12.2 Å². The van der Waals surface area contributed by atoms with Crippen LogP contribution < -0.4 is 0 Å². The molecular weight excluding hydrogens is 132 g/mol. The zero-order chi connectivity index (χ0) is 7.14. The molecule has 0 aliphatic carbocycles. The third kappa shape index (κ3) is 0.574. The molecule has 0 aromatic heterocycles. The van der Waals surface area contributed by atoms with E-state index >= 15 is 0 Å². The van der Waals surface area contributed by atoms with Gasteiger partial charge in [0.05, 0.1) is 12.2 Å². The van der Waals surface area contributed by atoms with E-state index in [2.05, 4.69) is 0 Å². The van der Waals surface area contributed by atoms with E-state index in [1.165, 1.54) is 0 Å². The monoisotopic (exact) mass is 140 g/mol. The largest absolute Gasteiger partial charge is 0.493 e. The van der Waals surface area contributed by atoms with Crippen molar-refractivity contribution < 1.29 is 14.3 Å². The van der Waals surface area contributed by atoms with Gasteiger partial charge in [-0.25, -0.2) is 4.79 Å². The van der Waals surface area contributed by atoms with Gasteiger partial charge in [-0.2, -0.15) is 0 Å². The average molecular weight is 140 g/mol. The van der Waals surface area contributed by atoms with E-state index in [4.69, 9.17) is 9.47 Å². The van der Waals surface area contributed by atoms with Gasteiger partial charge in [0.15, 0.2) is 6.10 Å². The van der Waals surface area contributed by atoms with Crippen LogP contribution in [0.4, 0.5) is 0 Å². The van der Waals surface area contributed by atoms with Crippen molar-refractivity contribution >= 4 is 5.97 Å². The molecule has 0 radical (unpaired) electrons. The van der Waals surface area contributed by atoms with Crippen molar-refractivity contribution in [2.75, 3.05) is 6.61 Å². The Kier molecular flexibility index (Phi) is 1.01. The highest BCUT2D eigenvalue weighted by Gasteiger charge is 2.36. The van der Waals surface area contributed by atoms with Gasteiger partial charge in [0.25, 0.3) is 0 Å². The van der Waals surface area contributed by atoms with Crippen molar-refractivity contribution in [1.29, 1.82) is 0 Å². The topological polar surface area (TPSA) is 35.5 Å². The summed E-state index contributed by atoms with van der Waals surface area (Å²) in [4.78, 5) is 10.8. The minimum absolute atomic E-state index is 0.0625. The van der Waals surface area contributed by atoms with Gasteiger partial charge < -0.3 is 9.47 Å². The number of hydrogen-bond acceptors (Lipinski definition) is 3. The molecule has 0 aromatic rings. The van der Waals surface area contributed by atoms with Gasteiger partial charge in [-0.05, 0) is 6.92 Å². The molecule has 10 heavy (non-hydrogen) atoms. The summed E-state index contributed by atoms with van der Waals surface area (Å²) in [5.41, 5.74) is 0.641. The Hall–Kier alpha value is -0.990. The van der Waals surface area contributed by atoms with Crippen molar-refractivity contribution in [3.8, 4) is 0 Å². The maximum atomic E-state index is 10.8. The fourth-order valence-electron chi connectivity index (χ4n) is 1.28. The average Bonchev–Trinajstić information content (AvgIpc) is 2.41. The number of ether oxygens (including phenoxy) is 2. The van der Waals surface area contributed by atoms with E-state index in [1.807, 2.05) is 0 Å². The van der Waals surface area contributed by atoms with Crippen LogP contribution in [0.1, 0.15) is 13.3 Å². The molecule has 0 spiro atoms. The highest BCUT2D eigenvalue weighted by molar-refractivity contribution is 5.91. The van der Waals surface area contributed by atoms with Crippen LogP contribution in [0.3, 0.4) is 0 Å². The van der Waals surface area contributed by atoms with Crippen LogP contribution in [-0.4, -0.2) is 18.7 Å². The molecular formula is C7H8O3. The molecule has 3 heteroatoms. The van der Waals surface area contributed by atoms with Gasteiger partial charge in [-0.3, -0.25) is 0 Å². The summed E-state index contributed by atoms with van der Waals surface area (Å²) in [7, 11) is 0. The summed E-state index contributed by atoms with van der Waals surface area (Å²) in [5, 5.41) is 0. The summed E-state index contributed by atoms with van der Waals surface area (Å²) >= 11 is 0. The van der Waals surface area contributed by atoms with Gasteiger partial charge >= 0.3 is 5.97 Å². The van der Waals surface area contributed by atoms with Crippen LogP contribution in [0.25, 0.3) is 0 Å². The highest BCUT2D eigenvalue weighted by Crippen LogP contribution is 2.30. The van der Waals surface area contributed by atoms with E-state index in [9.17, 15) is 4.79 Å². The third-order valence-electron chi connectivity index (χ3n) is 1.86. The number of rotatable bonds is 0. The molecule has 0 bridgehead atoms. The first-order valence-corrected chi connectivity index (χ1v) is 3.33. The van der Waals surface area contributed by atoms with E-state index < -0.39 is 0 Å². The minimum Gasteiger partial charge on any atom is -0.493 e. The second-order valence-corrected chi connectivity index (χ2v) is 2.52. The van der Waals surface area contributed by atoms with Crippen LogP contribution in [0.5, 0.6) is 0 Å². The van der Waals surface area contributed by atoms with Crippen molar-refractivity contribution in [3.05, 3.63) is 11.3 Å². The first kappa shape index (κ1) is 5.77. The lowest BCUT2D eigenvalue weighted by molar-refractivity contribution is -0.139. The molecule has 2 aliphatic heterocycles. The Balaban J connectivity index is 2.37. The molecule has 1 unspecified atom stereocenters. The van der Waals surface area contributed by atoms with Crippen molar-refractivity contribution in [2.45, 2.75) is 19.4 Å². The molecule has 3 nitrogen and oxygen atoms in total.